The Balaban J connectivity index is 1.64. The van der Waals surface area contributed by atoms with Crippen LogP contribution in [0.15, 0.2) is 60.8 Å². The molecule has 0 atom stereocenters. The van der Waals surface area contributed by atoms with Crippen LogP contribution in [0.1, 0.15) is 12.7 Å². The van der Waals surface area contributed by atoms with E-state index < -0.39 is 0 Å². The summed E-state index contributed by atoms with van der Waals surface area (Å²) in [6.07, 6.45) is 2.51. The Morgan fingerprint density at radius 1 is 1.08 bits per heavy atom. The van der Waals surface area contributed by atoms with Gasteiger partial charge in [-0.05, 0) is 24.3 Å². The molecule has 1 N–H and O–H groups in total. The first kappa shape index (κ1) is 15.3. The van der Waals surface area contributed by atoms with Gasteiger partial charge < -0.3 is 9.88 Å². The van der Waals surface area contributed by atoms with Crippen molar-refractivity contribution in [3.05, 3.63) is 66.6 Å². The minimum atomic E-state index is -0.0870. The second-order valence-electron chi connectivity index (χ2n) is 5.89. The summed E-state index contributed by atoms with van der Waals surface area (Å²) in [5.74, 6) is 0.823. The lowest BCUT2D eigenvalue weighted by atomic mass is 10.2. The van der Waals surface area contributed by atoms with Gasteiger partial charge in [0.2, 0.25) is 5.91 Å². The number of imidazole rings is 1. The van der Waals surface area contributed by atoms with E-state index in [0.717, 1.165) is 39.9 Å². The van der Waals surface area contributed by atoms with Gasteiger partial charge in [-0.2, -0.15) is 0 Å². The first-order valence-electron chi connectivity index (χ1n) is 8.34. The van der Waals surface area contributed by atoms with Gasteiger partial charge in [0.1, 0.15) is 12.4 Å². The summed E-state index contributed by atoms with van der Waals surface area (Å²) in [6.45, 7) is 2.27. The number of aromatic nitrogens is 3. The standard InChI is InChI=1S/C20H18N4O/c1-2-18-22-15-9-3-4-11-17(15)24(18)13-19(25)23-16-10-5-7-14-8-6-12-21-20(14)16/h3-12H,2,13H2,1H3,(H,23,25). The number of benzene rings is 2. The zero-order chi connectivity index (χ0) is 17.2. The molecule has 0 saturated heterocycles. The van der Waals surface area contributed by atoms with E-state index in [2.05, 4.69) is 15.3 Å². The predicted octanol–water partition coefficient (Wildman–Crippen LogP) is 3.79. The lowest BCUT2D eigenvalue weighted by Crippen LogP contribution is -2.20. The summed E-state index contributed by atoms with van der Waals surface area (Å²) in [5.41, 5.74) is 3.42. The number of para-hydroxylation sites is 3. The molecule has 0 bridgehead atoms. The Bertz CT molecular complexity index is 1060. The van der Waals surface area contributed by atoms with Crippen LogP contribution in [0.25, 0.3) is 21.9 Å². The fourth-order valence-corrected chi connectivity index (χ4v) is 3.11. The molecule has 4 rings (SSSR count). The highest BCUT2D eigenvalue weighted by molar-refractivity contribution is 6.00. The fraction of sp³-hybridized carbons (Fsp3) is 0.150. The van der Waals surface area contributed by atoms with Crippen molar-refractivity contribution in [1.82, 2.24) is 14.5 Å². The second kappa shape index (κ2) is 6.36. The lowest BCUT2D eigenvalue weighted by molar-refractivity contribution is -0.116. The molecule has 124 valence electrons. The van der Waals surface area contributed by atoms with E-state index in [1.165, 1.54) is 0 Å². The van der Waals surface area contributed by atoms with E-state index in [-0.39, 0.29) is 12.5 Å². The Labute approximate surface area is 145 Å². The number of carbonyl (C=O) groups excluding carboxylic acids is 1. The number of hydrogen-bond acceptors (Lipinski definition) is 3. The summed E-state index contributed by atoms with van der Waals surface area (Å²) < 4.78 is 1.98. The highest BCUT2D eigenvalue weighted by Crippen LogP contribution is 2.21. The number of aryl methyl sites for hydroxylation is 1. The number of anilines is 1. The maximum atomic E-state index is 12.6. The smallest absolute Gasteiger partial charge is 0.244 e. The van der Waals surface area contributed by atoms with E-state index in [1.54, 1.807) is 6.20 Å². The molecule has 0 radical (unpaired) electrons. The van der Waals surface area contributed by atoms with Gasteiger partial charge in [-0.25, -0.2) is 4.98 Å². The number of fused-ring (bicyclic) bond motifs is 2. The third-order valence-electron chi connectivity index (χ3n) is 4.26. The summed E-state index contributed by atoms with van der Waals surface area (Å²) in [6, 6.07) is 17.5. The van der Waals surface area contributed by atoms with Crippen LogP contribution < -0.4 is 5.32 Å². The number of amides is 1. The fourth-order valence-electron chi connectivity index (χ4n) is 3.11. The molecular weight excluding hydrogens is 312 g/mol. The molecule has 0 unspecified atom stereocenters. The predicted molar refractivity (Wildman–Crippen MR) is 99.5 cm³/mol. The molecule has 5 nitrogen and oxygen atoms in total. The van der Waals surface area contributed by atoms with E-state index in [1.807, 2.05) is 66.1 Å². The molecule has 0 saturated carbocycles. The Morgan fingerprint density at radius 2 is 1.92 bits per heavy atom. The molecule has 2 aromatic carbocycles. The molecule has 5 heteroatoms. The van der Waals surface area contributed by atoms with E-state index >= 15 is 0 Å². The van der Waals surface area contributed by atoms with Crippen LogP contribution in [0.4, 0.5) is 5.69 Å². The molecular formula is C20H18N4O. The van der Waals surface area contributed by atoms with Crippen molar-refractivity contribution in [3.63, 3.8) is 0 Å². The number of nitrogens with one attached hydrogen (secondary N) is 1. The topological polar surface area (TPSA) is 59.8 Å². The highest BCUT2D eigenvalue weighted by Gasteiger charge is 2.13. The van der Waals surface area contributed by atoms with Gasteiger partial charge in [0.05, 0.1) is 22.2 Å². The minimum Gasteiger partial charge on any atom is -0.323 e. The summed E-state index contributed by atoms with van der Waals surface area (Å²) >= 11 is 0. The normalized spacial score (nSPS) is 11.1. The van der Waals surface area contributed by atoms with Crippen molar-refractivity contribution in [1.29, 1.82) is 0 Å². The number of hydrogen-bond donors (Lipinski definition) is 1. The van der Waals surface area contributed by atoms with Crippen molar-refractivity contribution in [2.45, 2.75) is 19.9 Å². The zero-order valence-electron chi connectivity index (χ0n) is 13.9. The molecule has 2 heterocycles. The third-order valence-corrected chi connectivity index (χ3v) is 4.26. The van der Waals surface area contributed by atoms with E-state index in [4.69, 9.17) is 0 Å². The molecule has 0 aliphatic heterocycles. The van der Waals surface area contributed by atoms with Crippen LogP contribution in [-0.4, -0.2) is 20.4 Å². The van der Waals surface area contributed by atoms with Crippen LogP contribution in [0.2, 0.25) is 0 Å². The maximum Gasteiger partial charge on any atom is 0.244 e. The van der Waals surface area contributed by atoms with Gasteiger partial charge >= 0.3 is 0 Å². The quantitative estimate of drug-likeness (QED) is 0.619. The van der Waals surface area contributed by atoms with Crippen LogP contribution in [-0.2, 0) is 17.8 Å². The summed E-state index contributed by atoms with van der Waals surface area (Å²) in [4.78, 5) is 21.6. The lowest BCUT2D eigenvalue weighted by Gasteiger charge is -2.10. The van der Waals surface area contributed by atoms with Crippen LogP contribution in [0, 0.1) is 0 Å². The summed E-state index contributed by atoms with van der Waals surface area (Å²) in [5, 5.41) is 3.99. The van der Waals surface area contributed by atoms with E-state index in [0.29, 0.717) is 0 Å². The van der Waals surface area contributed by atoms with E-state index in [9.17, 15) is 4.79 Å². The number of nitrogens with zero attached hydrogens (tertiary/aromatic N) is 3. The van der Waals surface area contributed by atoms with Gasteiger partial charge in [0.15, 0.2) is 0 Å². The average molecular weight is 330 g/mol. The van der Waals surface area contributed by atoms with Crippen molar-refractivity contribution < 1.29 is 4.79 Å². The number of pyridine rings is 1. The molecule has 4 aromatic rings. The number of rotatable bonds is 4. The highest BCUT2D eigenvalue weighted by atomic mass is 16.1. The molecule has 0 aliphatic carbocycles. The van der Waals surface area contributed by atoms with Crippen molar-refractivity contribution >= 4 is 33.5 Å². The molecule has 25 heavy (non-hydrogen) atoms. The van der Waals surface area contributed by atoms with Crippen LogP contribution in [0.5, 0.6) is 0 Å². The molecule has 0 aliphatic rings. The molecule has 0 spiro atoms. The van der Waals surface area contributed by atoms with Gasteiger partial charge in [-0.3, -0.25) is 9.78 Å². The first-order chi connectivity index (χ1) is 12.3. The van der Waals surface area contributed by atoms with Gasteiger partial charge in [-0.1, -0.05) is 37.3 Å². The van der Waals surface area contributed by atoms with Crippen LogP contribution >= 0.6 is 0 Å². The van der Waals surface area contributed by atoms with Crippen molar-refractivity contribution in [2.24, 2.45) is 0 Å². The Kier molecular flexibility index (Phi) is 3.90. The van der Waals surface area contributed by atoms with Gasteiger partial charge in [0.25, 0.3) is 0 Å². The molecule has 2 aromatic heterocycles. The largest absolute Gasteiger partial charge is 0.323 e. The second-order valence-corrected chi connectivity index (χ2v) is 5.89. The summed E-state index contributed by atoms with van der Waals surface area (Å²) in [7, 11) is 0. The van der Waals surface area contributed by atoms with Crippen LogP contribution in [0.3, 0.4) is 0 Å². The van der Waals surface area contributed by atoms with Gasteiger partial charge in [0, 0.05) is 18.0 Å². The van der Waals surface area contributed by atoms with Gasteiger partial charge in [-0.15, -0.1) is 0 Å². The minimum absolute atomic E-state index is 0.0870. The Hall–Kier alpha value is -3.21. The zero-order valence-corrected chi connectivity index (χ0v) is 13.9. The molecule has 1 amide bonds. The van der Waals surface area contributed by atoms with Crippen molar-refractivity contribution in [2.75, 3.05) is 5.32 Å². The number of carbonyl (C=O) groups is 1. The average Bonchev–Trinajstić information content (AvgIpc) is 3.00. The maximum absolute atomic E-state index is 12.6. The molecule has 0 fully saturated rings. The first-order valence-corrected chi connectivity index (χ1v) is 8.34. The third kappa shape index (κ3) is 2.85. The van der Waals surface area contributed by atoms with Crippen molar-refractivity contribution in [3.8, 4) is 0 Å². The Morgan fingerprint density at radius 3 is 2.80 bits per heavy atom. The SMILES string of the molecule is CCc1nc2ccccc2n1CC(=O)Nc1cccc2cccnc12. The monoisotopic (exact) mass is 330 g/mol.